The maximum Gasteiger partial charge on any atom is 0.271 e. The molecule has 2 atom stereocenters. The highest BCUT2D eigenvalue weighted by molar-refractivity contribution is 6.23. The van der Waals surface area contributed by atoms with Crippen LogP contribution in [0.15, 0.2) is 133 Å². The zero-order chi connectivity index (χ0) is 25.5. The summed E-state index contributed by atoms with van der Waals surface area (Å²) in [5.74, 6) is 0.652. The van der Waals surface area contributed by atoms with Gasteiger partial charge in [0.25, 0.3) is 5.91 Å². The van der Waals surface area contributed by atoms with Crippen molar-refractivity contribution in [3.63, 3.8) is 0 Å². The van der Waals surface area contributed by atoms with Crippen LogP contribution in [0.1, 0.15) is 5.56 Å². The third kappa shape index (κ3) is 3.72. The molecule has 0 aliphatic carbocycles. The molecule has 7 rings (SSSR count). The van der Waals surface area contributed by atoms with Crippen LogP contribution in [0.4, 0.5) is 5.69 Å². The molecule has 38 heavy (non-hydrogen) atoms. The van der Waals surface area contributed by atoms with E-state index in [2.05, 4.69) is 84.9 Å². The van der Waals surface area contributed by atoms with Gasteiger partial charge in [-0.15, -0.1) is 0 Å². The Hall–Kier alpha value is -4.89. The van der Waals surface area contributed by atoms with E-state index in [0.29, 0.717) is 5.75 Å². The largest absolute Gasteiger partial charge is 0.478 e. The quantitative estimate of drug-likeness (QED) is 0.180. The number of carbonyl (C=O) groups is 1. The predicted octanol–water partition coefficient (Wildman–Crippen LogP) is 8.02. The van der Waals surface area contributed by atoms with Gasteiger partial charge in [-0.3, -0.25) is 9.69 Å². The van der Waals surface area contributed by atoms with Crippen molar-refractivity contribution in [2.24, 2.45) is 0 Å². The second-order valence-electron chi connectivity index (χ2n) is 9.64. The average Bonchev–Trinajstić information content (AvgIpc) is 2.98. The van der Waals surface area contributed by atoms with Crippen molar-refractivity contribution in [2.45, 2.75) is 12.1 Å². The second-order valence-corrected chi connectivity index (χ2v) is 9.64. The lowest BCUT2D eigenvalue weighted by Crippen LogP contribution is -2.66. The number of nitrogens with zero attached hydrogens (tertiary/aromatic N) is 1. The standard InChI is InChI=1S/C35H25NO2/c37-35-34(38-26-14-5-2-6-15-26)32(22-19-24-11-3-1-4-12-24)36(35)33-23-31-27-16-8-7-13-25(27)20-21-29(31)28-17-9-10-18-30(28)33/h1-23,32,34H/b22-19+/t32-,34-/m0/s1. The fraction of sp³-hybridized carbons (Fsp3) is 0.0571. The van der Waals surface area contributed by atoms with Crippen LogP contribution in [0.2, 0.25) is 0 Å². The second kappa shape index (κ2) is 9.20. The number of anilines is 1. The van der Waals surface area contributed by atoms with Gasteiger partial charge >= 0.3 is 0 Å². The Kier molecular flexibility index (Phi) is 5.41. The third-order valence-electron chi connectivity index (χ3n) is 7.39. The van der Waals surface area contributed by atoms with Crippen molar-refractivity contribution >= 4 is 50.0 Å². The van der Waals surface area contributed by atoms with Crippen molar-refractivity contribution < 1.29 is 9.53 Å². The van der Waals surface area contributed by atoms with Crippen LogP contribution >= 0.6 is 0 Å². The molecule has 0 bridgehead atoms. The maximum absolute atomic E-state index is 13.8. The van der Waals surface area contributed by atoms with E-state index in [4.69, 9.17) is 4.74 Å². The Balaban J connectivity index is 1.40. The fourth-order valence-corrected chi connectivity index (χ4v) is 5.53. The number of fused-ring (bicyclic) bond motifs is 5. The number of hydrogen-bond acceptors (Lipinski definition) is 2. The molecule has 1 heterocycles. The Morgan fingerprint density at radius 2 is 1.24 bits per heavy atom. The number of carbonyl (C=O) groups excluding carboxylic acids is 1. The highest BCUT2D eigenvalue weighted by Gasteiger charge is 2.49. The van der Waals surface area contributed by atoms with Gasteiger partial charge in [0.15, 0.2) is 0 Å². The number of rotatable bonds is 5. The molecule has 0 unspecified atom stereocenters. The SMILES string of the molecule is O=C1[C@@H](Oc2ccccc2)[C@H](/C=C/c2ccccc2)N1c1cc2c3ccccc3ccc2c2ccccc12. The lowest BCUT2D eigenvalue weighted by molar-refractivity contribution is -0.133. The molecule has 0 aromatic heterocycles. The monoisotopic (exact) mass is 491 g/mol. The zero-order valence-electron chi connectivity index (χ0n) is 20.7. The van der Waals surface area contributed by atoms with Gasteiger partial charge in [0.1, 0.15) is 11.8 Å². The van der Waals surface area contributed by atoms with E-state index < -0.39 is 6.10 Å². The van der Waals surface area contributed by atoms with E-state index in [9.17, 15) is 4.79 Å². The van der Waals surface area contributed by atoms with Gasteiger partial charge in [-0.25, -0.2) is 0 Å². The summed E-state index contributed by atoms with van der Waals surface area (Å²) in [5.41, 5.74) is 1.99. The molecule has 0 saturated carbocycles. The van der Waals surface area contributed by atoms with Gasteiger partial charge in [0.2, 0.25) is 6.10 Å². The summed E-state index contributed by atoms with van der Waals surface area (Å²) in [6, 6.07) is 42.8. The van der Waals surface area contributed by atoms with E-state index in [0.717, 1.165) is 27.4 Å². The molecule has 6 aromatic rings. The molecule has 6 aromatic carbocycles. The number of benzene rings is 6. The van der Waals surface area contributed by atoms with E-state index in [1.165, 1.54) is 16.2 Å². The summed E-state index contributed by atoms with van der Waals surface area (Å²) in [6.45, 7) is 0. The first kappa shape index (κ1) is 22.3. The number of β-lactam (4-membered cyclic amide) rings is 1. The molecule has 0 spiro atoms. The maximum atomic E-state index is 13.8. The first-order chi connectivity index (χ1) is 18.8. The van der Waals surface area contributed by atoms with Crippen molar-refractivity contribution in [1.82, 2.24) is 0 Å². The van der Waals surface area contributed by atoms with Crippen molar-refractivity contribution in [3.8, 4) is 5.75 Å². The molecule has 1 aliphatic rings. The van der Waals surface area contributed by atoms with Gasteiger partial charge in [0.05, 0.1) is 5.69 Å². The predicted molar refractivity (Wildman–Crippen MR) is 157 cm³/mol. The van der Waals surface area contributed by atoms with Crippen molar-refractivity contribution in [2.75, 3.05) is 4.90 Å². The highest BCUT2D eigenvalue weighted by atomic mass is 16.5. The third-order valence-corrected chi connectivity index (χ3v) is 7.39. The molecule has 3 heteroatoms. The van der Waals surface area contributed by atoms with E-state index >= 15 is 0 Å². The van der Waals surface area contributed by atoms with Gasteiger partial charge in [-0.05, 0) is 50.7 Å². The first-order valence-corrected chi connectivity index (χ1v) is 12.9. The highest BCUT2D eigenvalue weighted by Crippen LogP contribution is 2.42. The summed E-state index contributed by atoms with van der Waals surface area (Å²) in [5, 5.41) is 6.88. The minimum Gasteiger partial charge on any atom is -0.478 e. The molecule has 1 aliphatic heterocycles. The molecule has 1 saturated heterocycles. The summed E-state index contributed by atoms with van der Waals surface area (Å²) in [7, 11) is 0. The molecular formula is C35H25NO2. The van der Waals surface area contributed by atoms with Gasteiger partial charge in [-0.1, -0.05) is 121 Å². The smallest absolute Gasteiger partial charge is 0.271 e. The number of ether oxygens (including phenoxy) is 1. The van der Waals surface area contributed by atoms with E-state index in [1.807, 2.05) is 59.5 Å². The van der Waals surface area contributed by atoms with Crippen LogP contribution < -0.4 is 9.64 Å². The average molecular weight is 492 g/mol. The topological polar surface area (TPSA) is 29.5 Å². The molecule has 182 valence electrons. The zero-order valence-corrected chi connectivity index (χ0v) is 20.7. The Bertz CT molecular complexity index is 1830. The number of hydrogen-bond donors (Lipinski definition) is 0. The van der Waals surface area contributed by atoms with Crippen LogP contribution in [0, 0.1) is 0 Å². The number of amides is 1. The van der Waals surface area contributed by atoms with Crippen LogP contribution in [-0.4, -0.2) is 18.1 Å². The Morgan fingerprint density at radius 3 is 2.03 bits per heavy atom. The lowest BCUT2D eigenvalue weighted by atomic mass is 9.91. The van der Waals surface area contributed by atoms with Crippen LogP contribution in [0.5, 0.6) is 5.75 Å². The first-order valence-electron chi connectivity index (χ1n) is 12.9. The van der Waals surface area contributed by atoms with E-state index in [-0.39, 0.29) is 11.9 Å². The molecule has 1 fully saturated rings. The van der Waals surface area contributed by atoms with Gasteiger partial charge < -0.3 is 4.74 Å². The summed E-state index contributed by atoms with van der Waals surface area (Å²) >= 11 is 0. The van der Waals surface area contributed by atoms with Crippen LogP contribution in [0.3, 0.4) is 0 Å². The van der Waals surface area contributed by atoms with Crippen molar-refractivity contribution in [1.29, 1.82) is 0 Å². The summed E-state index contributed by atoms with van der Waals surface area (Å²) in [6.07, 6.45) is 3.57. The molecule has 0 radical (unpaired) electrons. The molecule has 0 N–H and O–H groups in total. The Morgan fingerprint density at radius 1 is 0.605 bits per heavy atom. The normalized spacial score (nSPS) is 17.4. The molecular weight excluding hydrogens is 466 g/mol. The lowest BCUT2D eigenvalue weighted by Gasteiger charge is -2.45. The van der Waals surface area contributed by atoms with Crippen LogP contribution in [0.25, 0.3) is 38.4 Å². The Labute approximate surface area is 221 Å². The van der Waals surface area contributed by atoms with Crippen LogP contribution in [-0.2, 0) is 4.79 Å². The summed E-state index contributed by atoms with van der Waals surface area (Å²) < 4.78 is 6.24. The molecule has 3 nitrogen and oxygen atoms in total. The summed E-state index contributed by atoms with van der Waals surface area (Å²) in [4.78, 5) is 15.7. The fourth-order valence-electron chi connectivity index (χ4n) is 5.53. The van der Waals surface area contributed by atoms with E-state index in [1.54, 1.807) is 0 Å². The number of para-hydroxylation sites is 1. The minimum atomic E-state index is -0.598. The minimum absolute atomic E-state index is 0.0405. The molecule has 1 amide bonds. The van der Waals surface area contributed by atoms with Gasteiger partial charge in [0, 0.05) is 5.39 Å². The van der Waals surface area contributed by atoms with Gasteiger partial charge in [-0.2, -0.15) is 0 Å². The van der Waals surface area contributed by atoms with Crippen molar-refractivity contribution in [3.05, 3.63) is 139 Å².